The number of piperidine rings is 1. The van der Waals surface area contributed by atoms with Gasteiger partial charge in [-0.3, -0.25) is 0 Å². The number of pyridine rings is 1. The Morgan fingerprint density at radius 3 is 3.17 bits per heavy atom. The number of aromatic nitrogens is 4. The number of rotatable bonds is 2. The van der Waals surface area contributed by atoms with Crippen molar-refractivity contribution in [1.29, 1.82) is 0 Å². The number of fused-ring (bicyclic) bond motifs is 1. The van der Waals surface area contributed by atoms with Gasteiger partial charge in [-0.2, -0.15) is 5.10 Å². The first-order valence-corrected chi connectivity index (χ1v) is 8.89. The lowest BCUT2D eigenvalue weighted by molar-refractivity contribution is 0.163. The molecule has 3 aromatic rings. The molecule has 2 amide bonds. The third kappa shape index (κ3) is 2.73. The zero-order valence-electron chi connectivity index (χ0n) is 13.3. The fourth-order valence-corrected chi connectivity index (χ4v) is 3.91. The highest BCUT2D eigenvalue weighted by atomic mass is 32.1. The molecule has 1 N–H and O–H groups in total. The van der Waals surface area contributed by atoms with Crippen molar-refractivity contribution in [2.75, 3.05) is 11.9 Å². The van der Waals surface area contributed by atoms with Crippen molar-refractivity contribution >= 4 is 28.7 Å². The SMILES string of the molecule is Cc1nc2c(NC(=O)N3CCCCC3c3nccs3)cccn2n1. The van der Waals surface area contributed by atoms with E-state index in [1.807, 2.05) is 35.5 Å². The number of hydrogen-bond donors (Lipinski definition) is 1. The Hall–Kier alpha value is -2.48. The van der Waals surface area contributed by atoms with Crippen LogP contribution in [-0.4, -0.2) is 37.1 Å². The summed E-state index contributed by atoms with van der Waals surface area (Å²) in [6, 6.07) is 3.65. The molecule has 0 bridgehead atoms. The van der Waals surface area contributed by atoms with Gasteiger partial charge in [-0.1, -0.05) is 0 Å². The highest BCUT2D eigenvalue weighted by molar-refractivity contribution is 7.09. The molecular weight excluding hydrogens is 324 g/mol. The number of amides is 2. The monoisotopic (exact) mass is 342 g/mol. The summed E-state index contributed by atoms with van der Waals surface area (Å²) in [5, 5.41) is 10.2. The number of hydrogen-bond acceptors (Lipinski definition) is 5. The molecule has 0 radical (unpaired) electrons. The lowest BCUT2D eigenvalue weighted by atomic mass is 10.0. The van der Waals surface area contributed by atoms with Gasteiger partial charge in [-0.15, -0.1) is 11.3 Å². The minimum atomic E-state index is -0.108. The Morgan fingerprint density at radius 1 is 1.42 bits per heavy atom. The van der Waals surface area contributed by atoms with E-state index in [2.05, 4.69) is 20.4 Å². The minimum Gasteiger partial charge on any atom is -0.315 e. The highest BCUT2D eigenvalue weighted by Gasteiger charge is 2.30. The molecule has 1 aliphatic rings. The van der Waals surface area contributed by atoms with Crippen molar-refractivity contribution in [3.63, 3.8) is 0 Å². The van der Waals surface area contributed by atoms with Crippen molar-refractivity contribution in [2.45, 2.75) is 32.2 Å². The molecule has 0 aromatic carbocycles. The number of urea groups is 1. The van der Waals surface area contributed by atoms with Gasteiger partial charge in [0, 0.05) is 24.3 Å². The van der Waals surface area contributed by atoms with Crippen LogP contribution in [0.15, 0.2) is 29.9 Å². The molecule has 1 aliphatic heterocycles. The normalized spacial score (nSPS) is 18.0. The summed E-state index contributed by atoms with van der Waals surface area (Å²) in [5.74, 6) is 0.676. The summed E-state index contributed by atoms with van der Waals surface area (Å²) in [5.41, 5.74) is 1.33. The van der Waals surface area contributed by atoms with E-state index in [9.17, 15) is 4.79 Å². The lowest BCUT2D eigenvalue weighted by Crippen LogP contribution is -2.41. The van der Waals surface area contributed by atoms with Gasteiger partial charge in [0.1, 0.15) is 10.8 Å². The number of thiazole rings is 1. The lowest BCUT2D eigenvalue weighted by Gasteiger charge is -2.34. The van der Waals surface area contributed by atoms with E-state index in [0.717, 1.165) is 30.8 Å². The second-order valence-electron chi connectivity index (χ2n) is 5.85. The Bertz CT molecular complexity index is 859. The van der Waals surface area contributed by atoms with Crippen LogP contribution in [0.5, 0.6) is 0 Å². The fraction of sp³-hybridized carbons (Fsp3) is 0.375. The van der Waals surface area contributed by atoms with E-state index < -0.39 is 0 Å². The largest absolute Gasteiger partial charge is 0.322 e. The van der Waals surface area contributed by atoms with E-state index >= 15 is 0 Å². The van der Waals surface area contributed by atoms with Crippen molar-refractivity contribution in [3.05, 3.63) is 40.7 Å². The van der Waals surface area contributed by atoms with Crippen LogP contribution in [0.4, 0.5) is 10.5 Å². The zero-order valence-corrected chi connectivity index (χ0v) is 14.2. The molecule has 0 aliphatic carbocycles. The predicted octanol–water partition coefficient (Wildman–Crippen LogP) is 3.25. The number of carbonyl (C=O) groups excluding carboxylic acids is 1. The van der Waals surface area contributed by atoms with Crippen LogP contribution in [-0.2, 0) is 0 Å². The molecule has 4 rings (SSSR count). The van der Waals surface area contributed by atoms with Gasteiger partial charge in [-0.25, -0.2) is 19.3 Å². The van der Waals surface area contributed by atoms with Gasteiger partial charge >= 0.3 is 6.03 Å². The molecule has 1 unspecified atom stereocenters. The Balaban J connectivity index is 1.60. The third-order valence-corrected chi connectivity index (χ3v) is 5.09. The molecule has 24 heavy (non-hydrogen) atoms. The highest BCUT2D eigenvalue weighted by Crippen LogP contribution is 2.32. The maximum atomic E-state index is 12.9. The Labute approximate surface area is 143 Å². The van der Waals surface area contributed by atoms with Crippen molar-refractivity contribution in [3.8, 4) is 0 Å². The molecule has 1 saturated heterocycles. The van der Waals surface area contributed by atoms with E-state index in [-0.39, 0.29) is 12.1 Å². The zero-order chi connectivity index (χ0) is 16.5. The maximum absolute atomic E-state index is 12.9. The molecule has 0 spiro atoms. The minimum absolute atomic E-state index is 0.0538. The molecule has 1 fully saturated rings. The molecular formula is C16H18N6OS. The van der Waals surface area contributed by atoms with Gasteiger partial charge in [0.05, 0.1) is 11.7 Å². The van der Waals surface area contributed by atoms with Crippen LogP contribution in [0.2, 0.25) is 0 Å². The third-order valence-electron chi connectivity index (χ3n) is 4.21. The number of nitrogens with one attached hydrogen (secondary N) is 1. The summed E-state index contributed by atoms with van der Waals surface area (Å²) < 4.78 is 1.68. The van der Waals surface area contributed by atoms with Crippen molar-refractivity contribution < 1.29 is 4.79 Å². The number of likely N-dealkylation sites (tertiary alicyclic amines) is 1. The van der Waals surface area contributed by atoms with Crippen molar-refractivity contribution in [1.82, 2.24) is 24.5 Å². The molecule has 8 heteroatoms. The van der Waals surface area contributed by atoms with Gasteiger partial charge in [0.2, 0.25) is 0 Å². The number of aryl methyl sites for hydroxylation is 1. The first-order valence-electron chi connectivity index (χ1n) is 8.01. The smallest absolute Gasteiger partial charge is 0.315 e. The van der Waals surface area contributed by atoms with Crippen LogP contribution in [0, 0.1) is 6.92 Å². The Morgan fingerprint density at radius 2 is 2.33 bits per heavy atom. The van der Waals surface area contributed by atoms with E-state index in [1.165, 1.54) is 0 Å². The van der Waals surface area contributed by atoms with Crippen molar-refractivity contribution in [2.24, 2.45) is 0 Å². The van der Waals surface area contributed by atoms with E-state index in [4.69, 9.17) is 0 Å². The summed E-state index contributed by atoms with van der Waals surface area (Å²) in [4.78, 5) is 23.5. The molecule has 1 atom stereocenters. The second-order valence-corrected chi connectivity index (χ2v) is 6.78. The molecule has 4 heterocycles. The Kier molecular flexibility index (Phi) is 3.89. The number of nitrogens with zero attached hydrogens (tertiary/aromatic N) is 5. The van der Waals surface area contributed by atoms with Crippen LogP contribution in [0.3, 0.4) is 0 Å². The van der Waals surface area contributed by atoms with E-state index in [0.29, 0.717) is 17.2 Å². The van der Waals surface area contributed by atoms with Gasteiger partial charge in [-0.05, 0) is 38.3 Å². The quantitative estimate of drug-likeness (QED) is 0.776. The number of carbonyl (C=O) groups is 1. The summed E-state index contributed by atoms with van der Waals surface area (Å²) in [6.07, 6.45) is 6.71. The van der Waals surface area contributed by atoms with Gasteiger partial charge in [0.25, 0.3) is 0 Å². The average Bonchev–Trinajstić information content (AvgIpc) is 3.24. The molecule has 7 nitrogen and oxygen atoms in total. The summed E-state index contributed by atoms with van der Waals surface area (Å²) in [7, 11) is 0. The van der Waals surface area contributed by atoms with Gasteiger partial charge in [0.15, 0.2) is 5.65 Å². The van der Waals surface area contributed by atoms with Crippen LogP contribution >= 0.6 is 11.3 Å². The summed E-state index contributed by atoms with van der Waals surface area (Å²) >= 11 is 1.60. The van der Waals surface area contributed by atoms with Crippen LogP contribution in [0.25, 0.3) is 5.65 Å². The van der Waals surface area contributed by atoms with Crippen LogP contribution in [0.1, 0.15) is 36.1 Å². The number of anilines is 1. The first-order chi connectivity index (χ1) is 11.7. The van der Waals surface area contributed by atoms with Crippen LogP contribution < -0.4 is 5.32 Å². The fourth-order valence-electron chi connectivity index (χ4n) is 3.13. The molecule has 3 aromatic heterocycles. The maximum Gasteiger partial charge on any atom is 0.322 e. The second kappa shape index (κ2) is 6.20. The predicted molar refractivity (Wildman–Crippen MR) is 92.2 cm³/mol. The van der Waals surface area contributed by atoms with E-state index in [1.54, 1.807) is 22.0 Å². The standard InChI is InChI=1S/C16H18N6OS/c1-11-18-14-12(5-4-9-22(14)20-11)19-16(23)21-8-3-2-6-13(21)15-17-7-10-24-15/h4-5,7,9-10,13H,2-3,6,8H2,1H3,(H,19,23). The molecule has 124 valence electrons. The average molecular weight is 342 g/mol. The first kappa shape index (κ1) is 15.1. The topological polar surface area (TPSA) is 75.4 Å². The van der Waals surface area contributed by atoms with Gasteiger partial charge < -0.3 is 10.2 Å². The summed E-state index contributed by atoms with van der Waals surface area (Å²) in [6.45, 7) is 2.58. The molecule has 0 saturated carbocycles.